The maximum Gasteiger partial charge on any atom is 0.216 e. The Kier molecular flexibility index (Phi) is 4.31. The second-order valence-corrected chi connectivity index (χ2v) is 6.14. The number of halogens is 1. The van der Waals surface area contributed by atoms with Crippen molar-refractivity contribution >= 4 is 34.4 Å². The summed E-state index contributed by atoms with van der Waals surface area (Å²) in [6, 6.07) is 16.0. The SMILES string of the molecule is Cc1cccc(/C=N\n2c(-c3cccc(Br)c3)n[nH]c2=S)c1. The normalized spacial score (nSPS) is 11.2. The Morgan fingerprint density at radius 1 is 1.23 bits per heavy atom. The van der Waals surface area contributed by atoms with E-state index in [0.29, 0.717) is 10.6 Å². The Labute approximate surface area is 141 Å². The fourth-order valence-electron chi connectivity index (χ4n) is 2.09. The van der Waals surface area contributed by atoms with Crippen molar-refractivity contribution in [2.75, 3.05) is 0 Å². The Morgan fingerprint density at radius 2 is 2.05 bits per heavy atom. The van der Waals surface area contributed by atoms with Crippen LogP contribution in [0.3, 0.4) is 0 Å². The molecule has 0 bridgehead atoms. The van der Waals surface area contributed by atoms with Crippen LogP contribution in [0.2, 0.25) is 0 Å². The van der Waals surface area contributed by atoms with E-state index in [1.165, 1.54) is 5.56 Å². The summed E-state index contributed by atoms with van der Waals surface area (Å²) < 4.78 is 3.06. The Bertz CT molecular complexity index is 895. The average molecular weight is 373 g/mol. The third kappa shape index (κ3) is 3.23. The molecule has 0 aliphatic rings. The molecule has 22 heavy (non-hydrogen) atoms. The predicted octanol–water partition coefficient (Wildman–Crippen LogP) is 4.56. The van der Waals surface area contributed by atoms with Gasteiger partial charge in [0.1, 0.15) is 0 Å². The number of rotatable bonds is 3. The number of hydrogen-bond donors (Lipinski definition) is 1. The number of nitrogens with zero attached hydrogens (tertiary/aromatic N) is 3. The Balaban J connectivity index is 2.01. The van der Waals surface area contributed by atoms with Gasteiger partial charge in [0, 0.05) is 10.0 Å². The van der Waals surface area contributed by atoms with E-state index in [1.54, 1.807) is 10.9 Å². The van der Waals surface area contributed by atoms with Crippen LogP contribution in [0, 0.1) is 11.7 Å². The number of H-pyrrole nitrogens is 1. The van der Waals surface area contributed by atoms with Gasteiger partial charge in [-0.05, 0) is 36.8 Å². The summed E-state index contributed by atoms with van der Waals surface area (Å²) in [7, 11) is 0. The van der Waals surface area contributed by atoms with E-state index >= 15 is 0 Å². The lowest BCUT2D eigenvalue weighted by molar-refractivity contribution is 0.871. The minimum atomic E-state index is 0.457. The quantitative estimate of drug-likeness (QED) is 0.540. The third-order valence-electron chi connectivity index (χ3n) is 3.10. The molecule has 0 spiro atoms. The first-order valence-corrected chi connectivity index (χ1v) is 7.88. The van der Waals surface area contributed by atoms with Crippen LogP contribution in [0.5, 0.6) is 0 Å². The molecule has 0 saturated heterocycles. The van der Waals surface area contributed by atoms with E-state index in [0.717, 1.165) is 15.6 Å². The fourth-order valence-corrected chi connectivity index (χ4v) is 2.67. The van der Waals surface area contributed by atoms with Crippen LogP contribution in [0.25, 0.3) is 11.4 Å². The molecule has 1 heterocycles. The van der Waals surface area contributed by atoms with E-state index in [2.05, 4.69) is 37.3 Å². The van der Waals surface area contributed by atoms with Gasteiger partial charge in [-0.25, -0.2) is 5.10 Å². The number of benzene rings is 2. The van der Waals surface area contributed by atoms with Crippen LogP contribution in [0.15, 0.2) is 58.1 Å². The summed E-state index contributed by atoms with van der Waals surface area (Å²) in [5.74, 6) is 0.676. The molecular weight excluding hydrogens is 360 g/mol. The second-order valence-electron chi connectivity index (χ2n) is 4.83. The van der Waals surface area contributed by atoms with Crippen LogP contribution in [0.4, 0.5) is 0 Å². The van der Waals surface area contributed by atoms with Gasteiger partial charge in [0.2, 0.25) is 4.77 Å². The molecule has 0 amide bonds. The molecule has 0 unspecified atom stereocenters. The van der Waals surface area contributed by atoms with Crippen LogP contribution in [0.1, 0.15) is 11.1 Å². The van der Waals surface area contributed by atoms with E-state index in [-0.39, 0.29) is 0 Å². The largest absolute Gasteiger partial charge is 0.250 e. The maximum atomic E-state index is 5.27. The summed E-state index contributed by atoms with van der Waals surface area (Å²) in [4.78, 5) is 0. The number of nitrogens with one attached hydrogen (secondary N) is 1. The summed E-state index contributed by atoms with van der Waals surface area (Å²) in [5, 5.41) is 11.5. The van der Waals surface area contributed by atoms with Gasteiger partial charge in [-0.1, -0.05) is 57.9 Å². The molecule has 1 aromatic heterocycles. The van der Waals surface area contributed by atoms with Crippen molar-refractivity contribution in [2.24, 2.45) is 5.10 Å². The molecule has 4 nitrogen and oxygen atoms in total. The average Bonchev–Trinajstić information content (AvgIpc) is 2.86. The molecule has 1 N–H and O–H groups in total. The molecule has 0 saturated carbocycles. The van der Waals surface area contributed by atoms with Crippen molar-refractivity contribution in [3.8, 4) is 11.4 Å². The van der Waals surface area contributed by atoms with Gasteiger partial charge in [0.15, 0.2) is 5.82 Å². The van der Waals surface area contributed by atoms with Gasteiger partial charge >= 0.3 is 0 Å². The first-order chi connectivity index (χ1) is 10.6. The molecule has 0 fully saturated rings. The lowest BCUT2D eigenvalue weighted by Gasteiger charge is -2.02. The Hall–Kier alpha value is -2.05. The van der Waals surface area contributed by atoms with Crippen molar-refractivity contribution in [3.05, 3.63) is 68.9 Å². The highest BCUT2D eigenvalue weighted by molar-refractivity contribution is 9.10. The minimum absolute atomic E-state index is 0.457. The highest BCUT2D eigenvalue weighted by Crippen LogP contribution is 2.21. The van der Waals surface area contributed by atoms with Gasteiger partial charge in [-0.3, -0.25) is 0 Å². The lowest BCUT2D eigenvalue weighted by atomic mass is 10.2. The van der Waals surface area contributed by atoms with Crippen LogP contribution >= 0.6 is 28.1 Å². The van der Waals surface area contributed by atoms with Crippen molar-refractivity contribution in [1.29, 1.82) is 0 Å². The lowest BCUT2D eigenvalue weighted by Crippen LogP contribution is -1.95. The summed E-state index contributed by atoms with van der Waals surface area (Å²) >= 11 is 8.73. The number of aryl methyl sites for hydroxylation is 1. The van der Waals surface area contributed by atoms with E-state index in [4.69, 9.17) is 12.2 Å². The zero-order chi connectivity index (χ0) is 15.5. The van der Waals surface area contributed by atoms with Crippen LogP contribution in [-0.4, -0.2) is 21.1 Å². The molecule has 0 aliphatic heterocycles. The highest BCUT2D eigenvalue weighted by atomic mass is 79.9. The molecule has 3 rings (SSSR count). The molecule has 2 aromatic carbocycles. The number of aromatic amines is 1. The van der Waals surface area contributed by atoms with Gasteiger partial charge in [0.25, 0.3) is 0 Å². The van der Waals surface area contributed by atoms with Crippen molar-refractivity contribution in [2.45, 2.75) is 6.92 Å². The Morgan fingerprint density at radius 3 is 2.82 bits per heavy atom. The van der Waals surface area contributed by atoms with Crippen molar-refractivity contribution < 1.29 is 0 Å². The first kappa shape index (κ1) is 14.9. The summed E-state index contributed by atoms with van der Waals surface area (Å²) in [6.07, 6.45) is 1.78. The van der Waals surface area contributed by atoms with E-state index in [9.17, 15) is 0 Å². The summed E-state index contributed by atoms with van der Waals surface area (Å²) in [6.45, 7) is 2.05. The predicted molar refractivity (Wildman–Crippen MR) is 94.7 cm³/mol. The topological polar surface area (TPSA) is 46.0 Å². The molecule has 110 valence electrons. The standard InChI is InChI=1S/C16H13BrN4S/c1-11-4-2-5-12(8-11)10-18-21-15(19-20-16(21)22)13-6-3-7-14(17)9-13/h2-10H,1H3,(H,20,22)/b18-10-. The first-order valence-electron chi connectivity index (χ1n) is 6.68. The maximum absolute atomic E-state index is 5.27. The summed E-state index contributed by atoms with van der Waals surface area (Å²) in [5.41, 5.74) is 3.14. The highest BCUT2D eigenvalue weighted by Gasteiger charge is 2.08. The van der Waals surface area contributed by atoms with Crippen LogP contribution < -0.4 is 0 Å². The molecule has 3 aromatic rings. The van der Waals surface area contributed by atoms with Gasteiger partial charge in [0.05, 0.1) is 6.21 Å². The second kappa shape index (κ2) is 6.37. The molecule has 0 radical (unpaired) electrons. The van der Waals surface area contributed by atoms with Gasteiger partial charge in [-0.2, -0.15) is 14.9 Å². The number of aromatic nitrogens is 3. The zero-order valence-corrected chi connectivity index (χ0v) is 14.2. The van der Waals surface area contributed by atoms with E-state index < -0.39 is 0 Å². The van der Waals surface area contributed by atoms with Crippen molar-refractivity contribution in [3.63, 3.8) is 0 Å². The van der Waals surface area contributed by atoms with Crippen molar-refractivity contribution in [1.82, 2.24) is 14.9 Å². The number of hydrogen-bond acceptors (Lipinski definition) is 3. The van der Waals surface area contributed by atoms with E-state index in [1.807, 2.05) is 49.4 Å². The smallest absolute Gasteiger partial charge is 0.216 e. The zero-order valence-electron chi connectivity index (χ0n) is 11.8. The van der Waals surface area contributed by atoms with Crippen LogP contribution in [-0.2, 0) is 0 Å². The third-order valence-corrected chi connectivity index (χ3v) is 3.86. The van der Waals surface area contributed by atoms with Gasteiger partial charge in [-0.15, -0.1) is 0 Å². The van der Waals surface area contributed by atoms with Gasteiger partial charge < -0.3 is 0 Å². The minimum Gasteiger partial charge on any atom is -0.250 e. The molecule has 0 aliphatic carbocycles. The fraction of sp³-hybridized carbons (Fsp3) is 0.0625. The molecule has 6 heteroatoms. The monoisotopic (exact) mass is 372 g/mol. The molecule has 0 atom stereocenters. The molecular formula is C16H13BrN4S.